The van der Waals surface area contributed by atoms with Gasteiger partial charge in [-0.25, -0.2) is 5.43 Å². The van der Waals surface area contributed by atoms with Crippen molar-refractivity contribution in [1.82, 2.24) is 5.43 Å². The Morgan fingerprint density at radius 2 is 2.00 bits per heavy atom. The number of halogens is 1. The minimum Gasteiger partial charge on any atom is -0.454 e. The van der Waals surface area contributed by atoms with E-state index in [4.69, 9.17) is 21.1 Å². The lowest BCUT2D eigenvalue weighted by Crippen LogP contribution is -2.20. The highest BCUT2D eigenvalue weighted by Crippen LogP contribution is 2.32. The lowest BCUT2D eigenvalue weighted by Gasteiger charge is -2.06. The van der Waals surface area contributed by atoms with Crippen LogP contribution in [-0.2, 0) is 0 Å². The van der Waals surface area contributed by atoms with Gasteiger partial charge in [-0.2, -0.15) is 5.10 Å². The number of benzene rings is 2. The van der Waals surface area contributed by atoms with Crippen LogP contribution in [0, 0.1) is 0 Å². The maximum absolute atomic E-state index is 12.2. The number of fused-ring (bicyclic) bond motifs is 1. The number of nitrogens with one attached hydrogen (secondary N) is 1. The molecule has 1 amide bonds. The molecule has 0 fully saturated rings. The van der Waals surface area contributed by atoms with Crippen molar-refractivity contribution in [3.05, 3.63) is 58.6 Å². The predicted octanol–water partition coefficient (Wildman–Crippen LogP) is 3.61. The Kier molecular flexibility index (Phi) is 4.48. The molecule has 0 unspecified atom stereocenters. The van der Waals surface area contributed by atoms with Crippen LogP contribution < -0.4 is 14.9 Å². The van der Waals surface area contributed by atoms with Crippen molar-refractivity contribution in [2.24, 2.45) is 5.10 Å². The first-order valence-corrected chi connectivity index (χ1v) is 7.57. The molecule has 2 aromatic carbocycles. The second-order valence-corrected chi connectivity index (χ2v) is 5.37. The summed E-state index contributed by atoms with van der Waals surface area (Å²) >= 11 is 5.99. The maximum Gasteiger partial charge on any atom is 0.271 e. The van der Waals surface area contributed by atoms with Gasteiger partial charge in [-0.1, -0.05) is 30.7 Å². The van der Waals surface area contributed by atoms with Crippen molar-refractivity contribution in [2.75, 3.05) is 6.79 Å². The molecule has 5 nitrogen and oxygen atoms in total. The van der Waals surface area contributed by atoms with Crippen LogP contribution in [0.2, 0.25) is 5.02 Å². The van der Waals surface area contributed by atoms with Gasteiger partial charge in [-0.15, -0.1) is 0 Å². The molecule has 6 heteroatoms. The third-order valence-corrected chi connectivity index (χ3v) is 3.65. The SMILES string of the molecule is CC/C(=N\NC(=O)c1ccc2c(c1)OCO2)c1cccc(Cl)c1. The molecule has 0 aromatic heterocycles. The summed E-state index contributed by atoms with van der Waals surface area (Å²) in [5.74, 6) is 0.890. The number of rotatable bonds is 4. The number of carbonyl (C=O) groups is 1. The molecule has 0 saturated carbocycles. The highest BCUT2D eigenvalue weighted by atomic mass is 35.5. The summed E-state index contributed by atoms with van der Waals surface area (Å²) in [5.41, 5.74) is 4.66. The first-order valence-electron chi connectivity index (χ1n) is 7.20. The zero-order valence-corrected chi connectivity index (χ0v) is 13.3. The normalized spacial score (nSPS) is 13.0. The van der Waals surface area contributed by atoms with E-state index in [0.29, 0.717) is 28.5 Å². The van der Waals surface area contributed by atoms with Crippen molar-refractivity contribution in [3.8, 4) is 11.5 Å². The van der Waals surface area contributed by atoms with Gasteiger partial charge in [0.2, 0.25) is 6.79 Å². The van der Waals surface area contributed by atoms with Gasteiger partial charge in [0, 0.05) is 10.6 Å². The van der Waals surface area contributed by atoms with Crippen molar-refractivity contribution in [1.29, 1.82) is 0 Å². The molecule has 1 N–H and O–H groups in total. The lowest BCUT2D eigenvalue weighted by molar-refractivity contribution is 0.0954. The molecule has 0 aliphatic carbocycles. The summed E-state index contributed by atoms with van der Waals surface area (Å²) in [5, 5.41) is 4.84. The molecular weight excluding hydrogens is 316 g/mol. The molecule has 23 heavy (non-hydrogen) atoms. The van der Waals surface area contributed by atoms with Gasteiger partial charge in [0.15, 0.2) is 11.5 Å². The molecule has 1 heterocycles. The van der Waals surface area contributed by atoms with Crippen LogP contribution in [-0.4, -0.2) is 18.4 Å². The first kappa shape index (κ1) is 15.4. The van der Waals surface area contributed by atoms with Gasteiger partial charge in [0.25, 0.3) is 5.91 Å². The summed E-state index contributed by atoms with van der Waals surface area (Å²) < 4.78 is 10.5. The van der Waals surface area contributed by atoms with E-state index in [-0.39, 0.29) is 12.7 Å². The Morgan fingerprint density at radius 3 is 2.78 bits per heavy atom. The molecule has 0 atom stereocenters. The predicted molar refractivity (Wildman–Crippen MR) is 88.3 cm³/mol. The van der Waals surface area contributed by atoms with E-state index in [1.807, 2.05) is 25.1 Å². The largest absolute Gasteiger partial charge is 0.454 e. The van der Waals surface area contributed by atoms with Crippen LogP contribution >= 0.6 is 11.6 Å². The van der Waals surface area contributed by atoms with Crippen molar-refractivity contribution < 1.29 is 14.3 Å². The quantitative estimate of drug-likeness (QED) is 0.688. The van der Waals surface area contributed by atoms with Crippen LogP contribution in [0.5, 0.6) is 11.5 Å². The van der Waals surface area contributed by atoms with Crippen LogP contribution in [0.3, 0.4) is 0 Å². The number of hydrogen-bond acceptors (Lipinski definition) is 4. The lowest BCUT2D eigenvalue weighted by atomic mass is 10.1. The number of amides is 1. The Hall–Kier alpha value is -2.53. The topological polar surface area (TPSA) is 59.9 Å². The van der Waals surface area contributed by atoms with E-state index in [9.17, 15) is 4.79 Å². The van der Waals surface area contributed by atoms with E-state index in [2.05, 4.69) is 10.5 Å². The molecule has 0 saturated heterocycles. The molecule has 1 aliphatic rings. The Morgan fingerprint density at radius 1 is 1.17 bits per heavy atom. The third kappa shape index (κ3) is 3.46. The van der Waals surface area contributed by atoms with Crippen molar-refractivity contribution >= 4 is 23.2 Å². The smallest absolute Gasteiger partial charge is 0.271 e. The maximum atomic E-state index is 12.2. The van der Waals surface area contributed by atoms with E-state index in [1.165, 1.54) is 0 Å². The monoisotopic (exact) mass is 330 g/mol. The zero-order valence-electron chi connectivity index (χ0n) is 12.5. The average molecular weight is 331 g/mol. The second kappa shape index (κ2) is 6.71. The Bertz CT molecular complexity index is 774. The minimum absolute atomic E-state index is 0.174. The molecule has 1 aliphatic heterocycles. The fourth-order valence-electron chi connectivity index (χ4n) is 2.24. The second-order valence-electron chi connectivity index (χ2n) is 4.93. The van der Waals surface area contributed by atoms with Crippen LogP contribution in [0.1, 0.15) is 29.3 Å². The number of carbonyl (C=O) groups excluding carboxylic acids is 1. The van der Waals surface area contributed by atoms with Gasteiger partial charge in [-0.3, -0.25) is 4.79 Å². The van der Waals surface area contributed by atoms with Crippen molar-refractivity contribution in [3.63, 3.8) is 0 Å². The standard InChI is InChI=1S/C17H15ClN2O3/c1-2-14(11-4-3-5-13(18)8-11)19-20-17(21)12-6-7-15-16(9-12)23-10-22-15/h3-9H,2,10H2,1H3,(H,20,21)/b19-14+. The first-order chi connectivity index (χ1) is 11.2. The van der Waals surface area contributed by atoms with E-state index in [0.717, 1.165) is 11.3 Å². The fourth-order valence-corrected chi connectivity index (χ4v) is 2.43. The van der Waals surface area contributed by atoms with E-state index in [1.54, 1.807) is 24.3 Å². The highest BCUT2D eigenvalue weighted by Gasteiger charge is 2.16. The van der Waals surface area contributed by atoms with Crippen LogP contribution in [0.25, 0.3) is 0 Å². The van der Waals surface area contributed by atoms with Crippen LogP contribution in [0.15, 0.2) is 47.6 Å². The van der Waals surface area contributed by atoms with Gasteiger partial charge in [0.1, 0.15) is 0 Å². The van der Waals surface area contributed by atoms with Crippen molar-refractivity contribution in [2.45, 2.75) is 13.3 Å². The summed E-state index contributed by atoms with van der Waals surface area (Å²) in [6, 6.07) is 12.4. The summed E-state index contributed by atoms with van der Waals surface area (Å²) in [6.45, 7) is 2.14. The minimum atomic E-state index is -0.309. The summed E-state index contributed by atoms with van der Waals surface area (Å²) in [6.07, 6.45) is 0.668. The molecule has 118 valence electrons. The molecular formula is C17H15ClN2O3. The zero-order chi connectivity index (χ0) is 16.2. The summed E-state index contributed by atoms with van der Waals surface area (Å²) in [7, 11) is 0. The Balaban J connectivity index is 1.76. The molecule has 0 spiro atoms. The highest BCUT2D eigenvalue weighted by molar-refractivity contribution is 6.31. The van der Waals surface area contributed by atoms with E-state index < -0.39 is 0 Å². The summed E-state index contributed by atoms with van der Waals surface area (Å²) in [4.78, 5) is 12.2. The van der Waals surface area contributed by atoms with Crippen LogP contribution in [0.4, 0.5) is 0 Å². The fraction of sp³-hybridized carbons (Fsp3) is 0.176. The van der Waals surface area contributed by atoms with Gasteiger partial charge < -0.3 is 9.47 Å². The van der Waals surface area contributed by atoms with Gasteiger partial charge in [-0.05, 0) is 42.3 Å². The molecule has 0 bridgehead atoms. The molecule has 3 rings (SSSR count). The molecule has 0 radical (unpaired) electrons. The van der Waals surface area contributed by atoms with Gasteiger partial charge >= 0.3 is 0 Å². The van der Waals surface area contributed by atoms with Gasteiger partial charge in [0.05, 0.1) is 5.71 Å². The van der Waals surface area contributed by atoms with E-state index >= 15 is 0 Å². The number of hydrazone groups is 1. The average Bonchev–Trinajstić information content (AvgIpc) is 3.03. The number of nitrogens with zero attached hydrogens (tertiary/aromatic N) is 1. The molecule has 2 aromatic rings. The third-order valence-electron chi connectivity index (χ3n) is 3.42. The Labute approximate surface area is 138 Å². The number of hydrogen-bond donors (Lipinski definition) is 1. The number of ether oxygens (including phenoxy) is 2.